The summed E-state index contributed by atoms with van der Waals surface area (Å²) in [4.78, 5) is 13.5. The zero-order valence-electron chi connectivity index (χ0n) is 7.38. The SMILES string of the molecule is CCCn1cncc1C=C[N+](=O)[O-]. The number of imidazole rings is 1. The van der Waals surface area contributed by atoms with E-state index in [-0.39, 0.29) is 0 Å². The molecule has 1 aromatic heterocycles. The van der Waals surface area contributed by atoms with Crippen molar-refractivity contribution in [2.24, 2.45) is 0 Å². The van der Waals surface area contributed by atoms with E-state index in [1.54, 1.807) is 12.5 Å². The van der Waals surface area contributed by atoms with Crippen LogP contribution in [0.5, 0.6) is 0 Å². The molecule has 0 bridgehead atoms. The highest BCUT2D eigenvalue weighted by Gasteiger charge is 1.97. The molecular formula is C8H11N3O2. The predicted molar refractivity (Wildman–Crippen MR) is 48.5 cm³/mol. The summed E-state index contributed by atoms with van der Waals surface area (Å²) in [7, 11) is 0. The Balaban J connectivity index is 2.75. The topological polar surface area (TPSA) is 61.0 Å². The molecule has 1 heterocycles. The molecule has 0 N–H and O–H groups in total. The molecule has 0 aliphatic carbocycles. The first-order valence-electron chi connectivity index (χ1n) is 4.06. The van der Waals surface area contributed by atoms with Crippen molar-refractivity contribution in [3.8, 4) is 0 Å². The second-order valence-corrected chi connectivity index (χ2v) is 2.61. The van der Waals surface area contributed by atoms with Gasteiger partial charge < -0.3 is 4.57 Å². The first-order chi connectivity index (χ1) is 6.24. The molecule has 13 heavy (non-hydrogen) atoms. The summed E-state index contributed by atoms with van der Waals surface area (Å²) in [6, 6.07) is 0. The van der Waals surface area contributed by atoms with Crippen molar-refractivity contribution in [3.63, 3.8) is 0 Å². The molecule has 0 saturated heterocycles. The van der Waals surface area contributed by atoms with Gasteiger partial charge in [0.25, 0.3) is 0 Å². The first kappa shape index (κ1) is 9.44. The standard InChI is InChI=1S/C8H11N3O2/c1-2-4-10-7-9-6-8(10)3-5-11(12)13/h3,5-7H,2,4H2,1H3. The van der Waals surface area contributed by atoms with Crippen LogP contribution in [-0.4, -0.2) is 14.5 Å². The third kappa shape index (κ3) is 2.70. The minimum Gasteiger partial charge on any atom is -0.331 e. The lowest BCUT2D eigenvalue weighted by molar-refractivity contribution is -0.401. The fourth-order valence-corrected chi connectivity index (χ4v) is 1.03. The van der Waals surface area contributed by atoms with E-state index in [4.69, 9.17) is 0 Å². The Morgan fingerprint density at radius 3 is 3.15 bits per heavy atom. The number of nitro groups is 1. The average molecular weight is 181 g/mol. The molecule has 5 nitrogen and oxygen atoms in total. The summed E-state index contributed by atoms with van der Waals surface area (Å²) >= 11 is 0. The minimum atomic E-state index is -0.483. The van der Waals surface area contributed by atoms with Crippen LogP contribution >= 0.6 is 0 Å². The third-order valence-electron chi connectivity index (χ3n) is 1.58. The number of rotatable bonds is 4. The Morgan fingerprint density at radius 1 is 1.77 bits per heavy atom. The lowest BCUT2D eigenvalue weighted by Crippen LogP contribution is -1.97. The van der Waals surface area contributed by atoms with Crippen molar-refractivity contribution < 1.29 is 4.92 Å². The van der Waals surface area contributed by atoms with Gasteiger partial charge in [0, 0.05) is 12.6 Å². The predicted octanol–water partition coefficient (Wildman–Crippen LogP) is 1.54. The zero-order chi connectivity index (χ0) is 9.68. The van der Waals surface area contributed by atoms with E-state index >= 15 is 0 Å². The smallest absolute Gasteiger partial charge is 0.236 e. The van der Waals surface area contributed by atoms with Gasteiger partial charge in [0.15, 0.2) is 0 Å². The molecule has 5 heteroatoms. The normalized spacial score (nSPS) is 10.8. The van der Waals surface area contributed by atoms with Crippen molar-refractivity contribution in [3.05, 3.63) is 34.5 Å². The zero-order valence-corrected chi connectivity index (χ0v) is 7.38. The summed E-state index contributed by atoms with van der Waals surface area (Å²) in [5.41, 5.74) is 0.763. The van der Waals surface area contributed by atoms with Gasteiger partial charge in [0.2, 0.25) is 6.20 Å². The third-order valence-corrected chi connectivity index (χ3v) is 1.58. The number of hydrogen-bond acceptors (Lipinski definition) is 3. The van der Waals surface area contributed by atoms with Gasteiger partial charge in [0.05, 0.1) is 23.1 Å². The Kier molecular flexibility index (Phi) is 3.19. The molecule has 70 valence electrons. The molecule has 0 aromatic carbocycles. The Morgan fingerprint density at radius 2 is 2.54 bits per heavy atom. The highest BCUT2D eigenvalue weighted by molar-refractivity contribution is 5.41. The van der Waals surface area contributed by atoms with Crippen LogP contribution in [-0.2, 0) is 6.54 Å². The van der Waals surface area contributed by atoms with Gasteiger partial charge in [0.1, 0.15) is 0 Å². The van der Waals surface area contributed by atoms with Crippen LogP contribution in [0.1, 0.15) is 19.0 Å². The summed E-state index contributed by atoms with van der Waals surface area (Å²) in [5.74, 6) is 0. The van der Waals surface area contributed by atoms with E-state index in [0.717, 1.165) is 24.9 Å². The molecule has 0 amide bonds. The Hall–Kier alpha value is -1.65. The van der Waals surface area contributed by atoms with Crippen LogP contribution in [0.4, 0.5) is 0 Å². The highest BCUT2D eigenvalue weighted by atomic mass is 16.6. The molecular weight excluding hydrogens is 170 g/mol. The molecule has 1 aromatic rings. The number of nitrogens with zero attached hydrogens (tertiary/aromatic N) is 3. The average Bonchev–Trinajstić information content (AvgIpc) is 2.49. The molecule has 0 atom stereocenters. The van der Waals surface area contributed by atoms with Crippen molar-refractivity contribution in [2.45, 2.75) is 19.9 Å². The number of aryl methyl sites for hydroxylation is 1. The lowest BCUT2D eigenvalue weighted by Gasteiger charge is -2.00. The molecule has 1 rings (SSSR count). The summed E-state index contributed by atoms with van der Waals surface area (Å²) in [6.07, 6.45) is 6.63. The van der Waals surface area contributed by atoms with Crippen LogP contribution in [0, 0.1) is 10.1 Å². The van der Waals surface area contributed by atoms with E-state index in [0.29, 0.717) is 0 Å². The Bertz CT molecular complexity index is 317. The number of aromatic nitrogens is 2. The largest absolute Gasteiger partial charge is 0.331 e. The molecule has 0 aliphatic rings. The van der Waals surface area contributed by atoms with Crippen LogP contribution in [0.15, 0.2) is 18.7 Å². The van der Waals surface area contributed by atoms with Gasteiger partial charge in [-0.1, -0.05) is 6.92 Å². The maximum atomic E-state index is 10.1. The molecule has 0 saturated carbocycles. The summed E-state index contributed by atoms with van der Waals surface area (Å²) in [5, 5.41) is 10.1. The van der Waals surface area contributed by atoms with E-state index < -0.39 is 4.92 Å². The summed E-state index contributed by atoms with van der Waals surface area (Å²) in [6.45, 7) is 2.87. The van der Waals surface area contributed by atoms with Gasteiger partial charge in [-0.2, -0.15) is 0 Å². The monoisotopic (exact) mass is 181 g/mol. The Labute approximate surface area is 75.9 Å². The van der Waals surface area contributed by atoms with E-state index in [1.165, 1.54) is 6.08 Å². The van der Waals surface area contributed by atoms with Gasteiger partial charge in [-0.05, 0) is 6.42 Å². The van der Waals surface area contributed by atoms with Crippen molar-refractivity contribution in [1.82, 2.24) is 9.55 Å². The van der Waals surface area contributed by atoms with Gasteiger partial charge >= 0.3 is 0 Å². The molecule has 0 aliphatic heterocycles. The fraction of sp³-hybridized carbons (Fsp3) is 0.375. The quantitative estimate of drug-likeness (QED) is 0.522. The second kappa shape index (κ2) is 4.39. The van der Waals surface area contributed by atoms with E-state index in [2.05, 4.69) is 4.98 Å². The minimum absolute atomic E-state index is 0.483. The van der Waals surface area contributed by atoms with Gasteiger partial charge in [-0.3, -0.25) is 10.1 Å². The van der Waals surface area contributed by atoms with Gasteiger partial charge in [-0.15, -0.1) is 0 Å². The fourth-order valence-electron chi connectivity index (χ4n) is 1.03. The van der Waals surface area contributed by atoms with Crippen LogP contribution in [0.2, 0.25) is 0 Å². The maximum absolute atomic E-state index is 10.1. The van der Waals surface area contributed by atoms with E-state index in [9.17, 15) is 10.1 Å². The molecule has 0 radical (unpaired) electrons. The molecule has 0 fully saturated rings. The van der Waals surface area contributed by atoms with Crippen molar-refractivity contribution in [1.29, 1.82) is 0 Å². The molecule has 0 unspecified atom stereocenters. The van der Waals surface area contributed by atoms with Crippen molar-refractivity contribution in [2.75, 3.05) is 0 Å². The van der Waals surface area contributed by atoms with Crippen LogP contribution in [0.25, 0.3) is 6.08 Å². The highest BCUT2D eigenvalue weighted by Crippen LogP contribution is 2.02. The maximum Gasteiger partial charge on any atom is 0.236 e. The second-order valence-electron chi connectivity index (χ2n) is 2.61. The molecule has 0 spiro atoms. The number of hydrogen-bond donors (Lipinski definition) is 0. The first-order valence-corrected chi connectivity index (χ1v) is 4.06. The van der Waals surface area contributed by atoms with Crippen LogP contribution in [0.3, 0.4) is 0 Å². The van der Waals surface area contributed by atoms with Gasteiger partial charge in [-0.25, -0.2) is 4.98 Å². The van der Waals surface area contributed by atoms with Crippen molar-refractivity contribution >= 4 is 6.08 Å². The lowest BCUT2D eigenvalue weighted by atomic mass is 10.4. The summed E-state index contributed by atoms with van der Waals surface area (Å²) < 4.78 is 1.88. The van der Waals surface area contributed by atoms with E-state index in [1.807, 2.05) is 11.5 Å². The van der Waals surface area contributed by atoms with Crippen LogP contribution < -0.4 is 0 Å².